The van der Waals surface area contributed by atoms with Crippen LogP contribution < -0.4 is 9.80 Å². The zero-order valence-electron chi connectivity index (χ0n) is 16.7. The molecule has 0 bridgehead atoms. The maximum Gasteiger partial charge on any atom is 0.182 e. The van der Waals surface area contributed by atoms with Crippen molar-refractivity contribution in [3.05, 3.63) is 29.7 Å². The highest BCUT2D eigenvalue weighted by Crippen LogP contribution is 2.33. The predicted octanol–water partition coefficient (Wildman–Crippen LogP) is 2.26. The molecular formula is C20H26N8. The summed E-state index contributed by atoms with van der Waals surface area (Å²) in [6, 6.07) is 0. The molecule has 1 fully saturated rings. The Morgan fingerprint density at radius 3 is 2.39 bits per heavy atom. The summed E-state index contributed by atoms with van der Waals surface area (Å²) in [5.74, 6) is 3.05. The van der Waals surface area contributed by atoms with E-state index in [1.165, 1.54) is 17.7 Å². The molecule has 3 aromatic heterocycles. The molecule has 0 unspecified atom stereocenters. The van der Waals surface area contributed by atoms with E-state index in [2.05, 4.69) is 50.5 Å². The second kappa shape index (κ2) is 6.39. The van der Waals surface area contributed by atoms with Gasteiger partial charge in [-0.2, -0.15) is 0 Å². The fraction of sp³-hybridized carbons (Fsp3) is 0.550. The van der Waals surface area contributed by atoms with Gasteiger partial charge in [0.05, 0.1) is 6.33 Å². The summed E-state index contributed by atoms with van der Waals surface area (Å²) < 4.78 is 0. The molecule has 146 valence electrons. The van der Waals surface area contributed by atoms with Gasteiger partial charge in [-0.15, -0.1) is 0 Å². The lowest BCUT2D eigenvalue weighted by Gasteiger charge is -2.37. The standard InChI is InChI=1S/C20H26N8/c1-20(2,3)19-25-14-6-4-5-13(14)17(26-19)27-7-9-28(10-8-27)18-15-16(22-11-21-15)23-12-24-18/h11-12H,4-10H2,1-3H3,(H,21,22,23,24). The zero-order valence-corrected chi connectivity index (χ0v) is 16.7. The van der Waals surface area contributed by atoms with Crippen molar-refractivity contribution in [1.29, 1.82) is 0 Å². The van der Waals surface area contributed by atoms with Crippen molar-refractivity contribution < 1.29 is 0 Å². The van der Waals surface area contributed by atoms with E-state index in [1.807, 2.05) is 0 Å². The van der Waals surface area contributed by atoms with Crippen LogP contribution in [0.5, 0.6) is 0 Å². The minimum absolute atomic E-state index is 0.0403. The number of imidazole rings is 1. The molecule has 0 radical (unpaired) electrons. The molecule has 2 aliphatic rings. The van der Waals surface area contributed by atoms with Crippen molar-refractivity contribution in [1.82, 2.24) is 29.9 Å². The molecule has 0 spiro atoms. The van der Waals surface area contributed by atoms with Gasteiger partial charge >= 0.3 is 0 Å². The first-order valence-corrected chi connectivity index (χ1v) is 10.0. The van der Waals surface area contributed by atoms with Crippen LogP contribution >= 0.6 is 0 Å². The Morgan fingerprint density at radius 1 is 0.893 bits per heavy atom. The number of H-pyrrole nitrogens is 1. The second-order valence-corrected chi connectivity index (χ2v) is 8.67. The minimum Gasteiger partial charge on any atom is -0.353 e. The molecule has 4 heterocycles. The topological polar surface area (TPSA) is 86.7 Å². The Bertz CT molecular complexity index is 1010. The van der Waals surface area contributed by atoms with Crippen LogP contribution in [-0.2, 0) is 18.3 Å². The summed E-state index contributed by atoms with van der Waals surface area (Å²) in [6.07, 6.45) is 6.63. The van der Waals surface area contributed by atoms with Crippen molar-refractivity contribution in [3.63, 3.8) is 0 Å². The van der Waals surface area contributed by atoms with Crippen LogP contribution in [0.4, 0.5) is 11.6 Å². The molecule has 0 atom stereocenters. The Hall–Kier alpha value is -2.77. The van der Waals surface area contributed by atoms with Gasteiger partial charge < -0.3 is 14.8 Å². The highest BCUT2D eigenvalue weighted by atomic mass is 15.3. The number of piperazine rings is 1. The van der Waals surface area contributed by atoms with Gasteiger partial charge in [0.25, 0.3) is 0 Å². The lowest BCUT2D eigenvalue weighted by atomic mass is 9.95. The first-order valence-electron chi connectivity index (χ1n) is 10.0. The smallest absolute Gasteiger partial charge is 0.182 e. The molecule has 0 aromatic carbocycles. The molecule has 8 nitrogen and oxygen atoms in total. The molecule has 3 aromatic rings. The largest absolute Gasteiger partial charge is 0.353 e. The van der Waals surface area contributed by atoms with Crippen LogP contribution in [0, 0.1) is 0 Å². The van der Waals surface area contributed by atoms with Gasteiger partial charge in [0.2, 0.25) is 0 Å². The van der Waals surface area contributed by atoms with Crippen LogP contribution in [0.25, 0.3) is 11.2 Å². The van der Waals surface area contributed by atoms with Gasteiger partial charge in [0, 0.05) is 42.9 Å². The number of hydrogen-bond donors (Lipinski definition) is 1. The first kappa shape index (κ1) is 17.3. The maximum absolute atomic E-state index is 5.03. The van der Waals surface area contributed by atoms with E-state index < -0.39 is 0 Å². The number of hydrogen-bond acceptors (Lipinski definition) is 7. The zero-order chi connectivity index (χ0) is 19.3. The second-order valence-electron chi connectivity index (χ2n) is 8.67. The van der Waals surface area contributed by atoms with Gasteiger partial charge in [-0.1, -0.05) is 20.8 Å². The molecule has 1 saturated heterocycles. The van der Waals surface area contributed by atoms with Crippen LogP contribution in [0.2, 0.25) is 0 Å². The molecule has 1 aliphatic heterocycles. The quantitative estimate of drug-likeness (QED) is 0.732. The number of rotatable bonds is 2. The van der Waals surface area contributed by atoms with Crippen molar-refractivity contribution in [2.45, 2.75) is 45.4 Å². The summed E-state index contributed by atoms with van der Waals surface area (Å²) in [6.45, 7) is 10.2. The van der Waals surface area contributed by atoms with E-state index in [1.54, 1.807) is 12.7 Å². The first-order chi connectivity index (χ1) is 13.5. The van der Waals surface area contributed by atoms with E-state index in [-0.39, 0.29) is 5.41 Å². The Balaban J connectivity index is 1.42. The number of aryl methyl sites for hydroxylation is 1. The van der Waals surface area contributed by atoms with E-state index in [0.717, 1.165) is 67.6 Å². The van der Waals surface area contributed by atoms with Crippen molar-refractivity contribution in [2.24, 2.45) is 0 Å². The Kier molecular flexibility index (Phi) is 3.96. The molecule has 0 saturated carbocycles. The van der Waals surface area contributed by atoms with Gasteiger partial charge in [-0.25, -0.2) is 24.9 Å². The number of nitrogens with one attached hydrogen (secondary N) is 1. The van der Waals surface area contributed by atoms with Crippen LogP contribution in [0.1, 0.15) is 44.3 Å². The molecule has 1 aliphatic carbocycles. The lowest BCUT2D eigenvalue weighted by molar-refractivity contribution is 0.538. The normalized spacial score (nSPS) is 17.4. The number of fused-ring (bicyclic) bond motifs is 2. The third-order valence-corrected chi connectivity index (χ3v) is 5.66. The lowest BCUT2D eigenvalue weighted by Crippen LogP contribution is -2.47. The van der Waals surface area contributed by atoms with Crippen molar-refractivity contribution >= 4 is 22.8 Å². The minimum atomic E-state index is -0.0403. The fourth-order valence-corrected chi connectivity index (χ4v) is 4.13. The number of anilines is 2. The summed E-state index contributed by atoms with van der Waals surface area (Å²) >= 11 is 0. The highest BCUT2D eigenvalue weighted by Gasteiger charge is 2.29. The molecule has 0 amide bonds. The third kappa shape index (κ3) is 2.87. The Morgan fingerprint density at radius 2 is 1.64 bits per heavy atom. The van der Waals surface area contributed by atoms with Gasteiger partial charge in [-0.3, -0.25) is 0 Å². The number of aromatic nitrogens is 6. The van der Waals surface area contributed by atoms with E-state index in [9.17, 15) is 0 Å². The van der Waals surface area contributed by atoms with E-state index in [0.29, 0.717) is 0 Å². The van der Waals surface area contributed by atoms with Crippen LogP contribution in [0.15, 0.2) is 12.7 Å². The van der Waals surface area contributed by atoms with Gasteiger partial charge in [-0.05, 0) is 19.3 Å². The van der Waals surface area contributed by atoms with Crippen LogP contribution in [-0.4, -0.2) is 56.1 Å². The monoisotopic (exact) mass is 378 g/mol. The molecule has 5 rings (SSSR count). The summed E-state index contributed by atoms with van der Waals surface area (Å²) in [5.41, 5.74) is 4.21. The molecule has 1 N–H and O–H groups in total. The average molecular weight is 378 g/mol. The van der Waals surface area contributed by atoms with E-state index >= 15 is 0 Å². The van der Waals surface area contributed by atoms with E-state index in [4.69, 9.17) is 9.97 Å². The summed E-state index contributed by atoms with van der Waals surface area (Å²) in [4.78, 5) is 30.8. The van der Waals surface area contributed by atoms with Crippen molar-refractivity contribution in [2.75, 3.05) is 36.0 Å². The predicted molar refractivity (Wildman–Crippen MR) is 109 cm³/mol. The summed E-state index contributed by atoms with van der Waals surface area (Å²) in [5, 5.41) is 0. The highest BCUT2D eigenvalue weighted by molar-refractivity contribution is 5.82. The summed E-state index contributed by atoms with van der Waals surface area (Å²) in [7, 11) is 0. The van der Waals surface area contributed by atoms with Gasteiger partial charge in [0.15, 0.2) is 11.5 Å². The number of aromatic amines is 1. The van der Waals surface area contributed by atoms with Crippen molar-refractivity contribution in [3.8, 4) is 0 Å². The van der Waals surface area contributed by atoms with Gasteiger partial charge in [0.1, 0.15) is 23.5 Å². The van der Waals surface area contributed by atoms with Crippen LogP contribution in [0.3, 0.4) is 0 Å². The SMILES string of the molecule is CC(C)(C)c1nc2c(c(N3CCN(c4ncnc5nc[nH]c45)CC3)n1)CCC2. The average Bonchev–Trinajstić information content (AvgIpc) is 3.35. The Labute approximate surface area is 164 Å². The molecule has 28 heavy (non-hydrogen) atoms. The number of nitrogens with zero attached hydrogens (tertiary/aromatic N) is 7. The fourth-order valence-electron chi connectivity index (χ4n) is 4.13. The molecular weight excluding hydrogens is 352 g/mol. The third-order valence-electron chi connectivity index (χ3n) is 5.66. The maximum atomic E-state index is 5.03. The molecule has 8 heteroatoms.